The maximum absolute atomic E-state index is 11.1. The average Bonchev–Trinajstić information content (AvgIpc) is 2.07. The highest BCUT2D eigenvalue weighted by Crippen LogP contribution is 2.06. The molecule has 2 aromatic rings. The fraction of sp³-hybridized carbons (Fsp3) is 0.111. The maximum atomic E-state index is 11.1. The molecule has 0 saturated carbocycles. The van der Waals surface area contributed by atoms with Crippen LogP contribution in [0.15, 0.2) is 35.3 Å². The zero-order valence-electron chi connectivity index (χ0n) is 6.69. The van der Waals surface area contributed by atoms with Crippen molar-refractivity contribution in [1.29, 1.82) is 0 Å². The summed E-state index contributed by atoms with van der Waals surface area (Å²) in [4.78, 5) is 15.0. The second-order valence-electron chi connectivity index (χ2n) is 2.69. The van der Waals surface area contributed by atoms with E-state index in [1.54, 1.807) is 13.2 Å². The first kappa shape index (κ1) is 7.03. The Morgan fingerprint density at radius 1 is 1.33 bits per heavy atom. The Morgan fingerprint density at radius 2 is 2.08 bits per heavy atom. The Labute approximate surface area is 69.3 Å². The van der Waals surface area contributed by atoms with Crippen LogP contribution in [0, 0.1) is 0 Å². The molecule has 60 valence electrons. The van der Waals surface area contributed by atoms with Crippen LogP contribution in [0.1, 0.15) is 0 Å². The van der Waals surface area contributed by atoms with Crippen molar-refractivity contribution < 1.29 is 0 Å². The van der Waals surface area contributed by atoms with Gasteiger partial charge in [-0.15, -0.1) is 0 Å². The number of benzene rings is 1. The minimum absolute atomic E-state index is 0.214. The van der Waals surface area contributed by atoms with E-state index in [2.05, 4.69) is 4.98 Å². The number of nitrogens with zero attached hydrogens (tertiary/aromatic N) is 2. The fourth-order valence-electron chi connectivity index (χ4n) is 1.14. The van der Waals surface area contributed by atoms with E-state index < -0.39 is 0 Å². The van der Waals surface area contributed by atoms with Gasteiger partial charge < -0.3 is 4.57 Å². The van der Waals surface area contributed by atoms with Gasteiger partial charge in [0.05, 0.1) is 5.52 Å². The summed E-state index contributed by atoms with van der Waals surface area (Å²) in [5.74, 6) is 0. The van der Waals surface area contributed by atoms with E-state index >= 15 is 0 Å². The Kier molecular flexibility index (Phi) is 1.43. The van der Waals surface area contributed by atoms with Crippen molar-refractivity contribution in [2.24, 2.45) is 7.05 Å². The Bertz CT molecular complexity index is 473. The van der Waals surface area contributed by atoms with E-state index in [0.717, 1.165) is 10.9 Å². The highest BCUT2D eigenvalue weighted by atomic mass is 16.1. The first-order valence-corrected chi connectivity index (χ1v) is 3.70. The van der Waals surface area contributed by atoms with Gasteiger partial charge in [0.1, 0.15) is 0 Å². The number of hydrogen-bond acceptors (Lipinski definition) is 2. The quantitative estimate of drug-likeness (QED) is 0.574. The smallest absolute Gasteiger partial charge is 0.302 e. The monoisotopic (exact) mass is 160 g/mol. The van der Waals surface area contributed by atoms with Crippen molar-refractivity contribution in [1.82, 2.24) is 9.55 Å². The molecule has 1 aromatic heterocycles. The molecule has 3 heteroatoms. The van der Waals surface area contributed by atoms with Gasteiger partial charge in [0, 0.05) is 18.6 Å². The van der Waals surface area contributed by atoms with Gasteiger partial charge in [0.15, 0.2) is 0 Å². The Morgan fingerprint density at radius 3 is 2.92 bits per heavy atom. The molecule has 12 heavy (non-hydrogen) atoms. The molecule has 0 atom stereocenters. The van der Waals surface area contributed by atoms with Gasteiger partial charge in [-0.1, -0.05) is 18.2 Å². The molecule has 0 amide bonds. The first-order valence-electron chi connectivity index (χ1n) is 3.70. The van der Waals surface area contributed by atoms with E-state index in [0.29, 0.717) is 0 Å². The minimum atomic E-state index is -0.214. The molecule has 1 aromatic carbocycles. The lowest BCUT2D eigenvalue weighted by Gasteiger charge is -1.98. The molecule has 0 radical (unpaired) electrons. The Hall–Kier alpha value is -1.64. The van der Waals surface area contributed by atoms with Crippen LogP contribution < -0.4 is 5.69 Å². The van der Waals surface area contributed by atoms with Gasteiger partial charge in [0.2, 0.25) is 0 Å². The van der Waals surface area contributed by atoms with Crippen molar-refractivity contribution in [2.45, 2.75) is 0 Å². The molecule has 1 heterocycles. The Balaban J connectivity index is 2.93. The molecule has 0 fully saturated rings. The SMILES string of the molecule is Cn1cc2ccccc2nc1=O. The van der Waals surface area contributed by atoms with Crippen LogP contribution in [-0.4, -0.2) is 9.55 Å². The molecule has 2 rings (SSSR count). The molecule has 0 saturated heterocycles. The zero-order valence-corrected chi connectivity index (χ0v) is 6.69. The van der Waals surface area contributed by atoms with Crippen molar-refractivity contribution in [3.63, 3.8) is 0 Å². The summed E-state index contributed by atoms with van der Waals surface area (Å²) in [5.41, 5.74) is 0.536. The van der Waals surface area contributed by atoms with Crippen molar-refractivity contribution in [3.05, 3.63) is 40.9 Å². The van der Waals surface area contributed by atoms with Gasteiger partial charge in [-0.25, -0.2) is 4.79 Å². The summed E-state index contributed by atoms with van der Waals surface area (Å²) in [6, 6.07) is 7.56. The van der Waals surface area contributed by atoms with Crippen LogP contribution in [0.4, 0.5) is 0 Å². The van der Waals surface area contributed by atoms with Gasteiger partial charge in [-0.05, 0) is 6.07 Å². The van der Waals surface area contributed by atoms with Crippen molar-refractivity contribution in [3.8, 4) is 0 Å². The van der Waals surface area contributed by atoms with E-state index in [9.17, 15) is 4.79 Å². The molecule has 0 unspecified atom stereocenters. The highest BCUT2D eigenvalue weighted by Gasteiger charge is 1.95. The van der Waals surface area contributed by atoms with Crippen molar-refractivity contribution in [2.75, 3.05) is 0 Å². The molecule has 0 N–H and O–H groups in total. The lowest BCUT2D eigenvalue weighted by Crippen LogP contribution is -2.18. The van der Waals surface area contributed by atoms with E-state index in [-0.39, 0.29) is 5.69 Å². The molecular weight excluding hydrogens is 152 g/mol. The van der Waals surface area contributed by atoms with E-state index in [1.165, 1.54) is 4.57 Å². The third kappa shape index (κ3) is 0.993. The van der Waals surface area contributed by atoms with Gasteiger partial charge in [-0.3, -0.25) is 0 Å². The van der Waals surface area contributed by atoms with Gasteiger partial charge >= 0.3 is 5.69 Å². The van der Waals surface area contributed by atoms with E-state index in [1.807, 2.05) is 24.3 Å². The summed E-state index contributed by atoms with van der Waals surface area (Å²) in [6.07, 6.45) is 1.78. The summed E-state index contributed by atoms with van der Waals surface area (Å²) in [6.45, 7) is 0. The standard InChI is InChI=1S/C9H8N2O/c1-11-6-7-4-2-3-5-8(7)10-9(11)12/h2-6H,1H3. The minimum Gasteiger partial charge on any atom is -0.302 e. The summed E-state index contributed by atoms with van der Waals surface area (Å²) >= 11 is 0. The second kappa shape index (κ2) is 2.44. The van der Waals surface area contributed by atoms with Crippen LogP contribution in [0.25, 0.3) is 10.9 Å². The number of para-hydroxylation sites is 1. The number of aromatic nitrogens is 2. The van der Waals surface area contributed by atoms with Crippen molar-refractivity contribution >= 4 is 10.9 Å². The molecular formula is C9H8N2O. The number of aryl methyl sites for hydroxylation is 1. The number of hydrogen-bond donors (Lipinski definition) is 0. The summed E-state index contributed by atoms with van der Waals surface area (Å²) in [7, 11) is 1.70. The third-order valence-electron chi connectivity index (χ3n) is 1.79. The topological polar surface area (TPSA) is 34.9 Å². The van der Waals surface area contributed by atoms with Crippen LogP contribution in [0.5, 0.6) is 0 Å². The first-order chi connectivity index (χ1) is 5.77. The number of fused-ring (bicyclic) bond motifs is 1. The fourth-order valence-corrected chi connectivity index (χ4v) is 1.14. The molecule has 0 aliphatic carbocycles. The van der Waals surface area contributed by atoms with Crippen LogP contribution >= 0.6 is 0 Å². The van der Waals surface area contributed by atoms with Crippen LogP contribution in [0.3, 0.4) is 0 Å². The predicted octanol–water partition coefficient (Wildman–Crippen LogP) is 0.933. The zero-order chi connectivity index (χ0) is 8.55. The highest BCUT2D eigenvalue weighted by molar-refractivity contribution is 5.76. The lowest BCUT2D eigenvalue weighted by molar-refractivity contribution is 0.827. The van der Waals surface area contributed by atoms with Gasteiger partial charge in [0.25, 0.3) is 0 Å². The molecule has 0 spiro atoms. The van der Waals surface area contributed by atoms with Crippen LogP contribution in [-0.2, 0) is 7.05 Å². The van der Waals surface area contributed by atoms with Crippen LogP contribution in [0.2, 0.25) is 0 Å². The van der Waals surface area contributed by atoms with E-state index in [4.69, 9.17) is 0 Å². The largest absolute Gasteiger partial charge is 0.347 e. The second-order valence-corrected chi connectivity index (χ2v) is 2.69. The molecule has 0 aliphatic heterocycles. The summed E-state index contributed by atoms with van der Waals surface area (Å²) in [5, 5.41) is 0.986. The molecule has 0 bridgehead atoms. The van der Waals surface area contributed by atoms with Gasteiger partial charge in [-0.2, -0.15) is 4.98 Å². The summed E-state index contributed by atoms with van der Waals surface area (Å²) < 4.78 is 1.47. The normalized spacial score (nSPS) is 10.4. The lowest BCUT2D eigenvalue weighted by atomic mass is 10.2. The third-order valence-corrected chi connectivity index (χ3v) is 1.79. The molecule has 0 aliphatic rings. The maximum Gasteiger partial charge on any atom is 0.347 e. The molecule has 3 nitrogen and oxygen atoms in total. The predicted molar refractivity (Wildman–Crippen MR) is 47.0 cm³/mol. The average molecular weight is 160 g/mol. The number of rotatable bonds is 0.